The highest BCUT2D eigenvalue weighted by Gasteiger charge is 2.12. The van der Waals surface area contributed by atoms with Crippen LogP contribution in [-0.4, -0.2) is 13.1 Å². The van der Waals surface area contributed by atoms with Gasteiger partial charge in [0, 0.05) is 24.5 Å². The largest absolute Gasteiger partial charge is 0.467 e. The summed E-state index contributed by atoms with van der Waals surface area (Å²) in [5.74, 6) is 0.960. The van der Waals surface area contributed by atoms with Crippen LogP contribution in [-0.2, 0) is 6.54 Å². The highest BCUT2D eigenvalue weighted by Crippen LogP contribution is 2.23. The van der Waals surface area contributed by atoms with E-state index in [1.807, 2.05) is 12.1 Å². The van der Waals surface area contributed by atoms with E-state index in [-0.39, 0.29) is 0 Å². The van der Waals surface area contributed by atoms with E-state index in [2.05, 4.69) is 34.5 Å². The van der Waals surface area contributed by atoms with E-state index in [0.717, 1.165) is 18.0 Å². The second-order valence-electron chi connectivity index (χ2n) is 4.68. The summed E-state index contributed by atoms with van der Waals surface area (Å²) < 4.78 is 5.31. The molecule has 3 heteroatoms. The maximum absolute atomic E-state index is 5.31. The number of furan rings is 1. The monoisotopic (exact) mass is 242 g/mol. The molecule has 2 aromatic rings. The van der Waals surface area contributed by atoms with Crippen molar-refractivity contribution in [3.05, 3.63) is 48.4 Å². The van der Waals surface area contributed by atoms with Crippen molar-refractivity contribution in [3.8, 4) is 0 Å². The van der Waals surface area contributed by atoms with Gasteiger partial charge in [-0.1, -0.05) is 6.07 Å². The summed E-state index contributed by atoms with van der Waals surface area (Å²) in [6.07, 6.45) is 4.33. The third-order valence-electron chi connectivity index (χ3n) is 3.36. The number of anilines is 2. The molecule has 18 heavy (non-hydrogen) atoms. The van der Waals surface area contributed by atoms with E-state index in [4.69, 9.17) is 4.42 Å². The summed E-state index contributed by atoms with van der Waals surface area (Å²) in [4.78, 5) is 2.44. The number of benzene rings is 1. The van der Waals surface area contributed by atoms with Crippen molar-refractivity contribution >= 4 is 11.4 Å². The molecule has 0 atom stereocenters. The van der Waals surface area contributed by atoms with Gasteiger partial charge in [0.1, 0.15) is 5.76 Å². The molecule has 0 unspecified atom stereocenters. The molecule has 1 aromatic carbocycles. The first-order valence-electron chi connectivity index (χ1n) is 6.53. The van der Waals surface area contributed by atoms with Crippen LogP contribution < -0.4 is 10.2 Å². The fourth-order valence-corrected chi connectivity index (χ4v) is 2.39. The number of rotatable bonds is 4. The van der Waals surface area contributed by atoms with Gasteiger partial charge in [0.2, 0.25) is 0 Å². The summed E-state index contributed by atoms with van der Waals surface area (Å²) in [6, 6.07) is 12.5. The van der Waals surface area contributed by atoms with Crippen LogP contribution in [0.3, 0.4) is 0 Å². The van der Waals surface area contributed by atoms with E-state index in [9.17, 15) is 0 Å². The van der Waals surface area contributed by atoms with Crippen molar-refractivity contribution in [1.82, 2.24) is 0 Å². The van der Waals surface area contributed by atoms with Gasteiger partial charge in [-0.3, -0.25) is 0 Å². The van der Waals surface area contributed by atoms with Crippen LogP contribution >= 0.6 is 0 Å². The van der Waals surface area contributed by atoms with Gasteiger partial charge < -0.3 is 14.6 Å². The number of hydrogen-bond donors (Lipinski definition) is 1. The minimum Gasteiger partial charge on any atom is -0.467 e. The summed E-state index contributed by atoms with van der Waals surface area (Å²) in [5.41, 5.74) is 2.47. The molecule has 1 fully saturated rings. The smallest absolute Gasteiger partial charge is 0.122 e. The van der Waals surface area contributed by atoms with Gasteiger partial charge in [-0.2, -0.15) is 0 Å². The Balaban J connectivity index is 1.66. The Morgan fingerprint density at radius 2 is 2.00 bits per heavy atom. The van der Waals surface area contributed by atoms with Gasteiger partial charge in [-0.25, -0.2) is 0 Å². The lowest BCUT2D eigenvalue weighted by molar-refractivity contribution is 0.518. The van der Waals surface area contributed by atoms with E-state index in [0.29, 0.717) is 0 Å². The molecule has 0 spiro atoms. The molecule has 3 rings (SSSR count). The lowest BCUT2D eigenvalue weighted by atomic mass is 10.2. The van der Waals surface area contributed by atoms with Crippen LogP contribution in [0.2, 0.25) is 0 Å². The quantitative estimate of drug-likeness (QED) is 0.889. The molecule has 0 amide bonds. The first-order chi connectivity index (χ1) is 8.92. The molecule has 3 nitrogen and oxygen atoms in total. The zero-order valence-electron chi connectivity index (χ0n) is 10.4. The third kappa shape index (κ3) is 2.50. The first-order valence-corrected chi connectivity index (χ1v) is 6.53. The normalized spacial score (nSPS) is 15.0. The molecule has 1 aliphatic rings. The Labute approximate surface area is 107 Å². The van der Waals surface area contributed by atoms with E-state index >= 15 is 0 Å². The number of nitrogens with one attached hydrogen (secondary N) is 1. The number of hydrogen-bond acceptors (Lipinski definition) is 3. The molecular formula is C15H18N2O. The summed E-state index contributed by atoms with van der Waals surface area (Å²) in [5, 5.41) is 3.39. The van der Waals surface area contributed by atoms with Gasteiger partial charge in [-0.05, 0) is 43.2 Å². The SMILES string of the molecule is c1cc(NCc2ccco2)cc(N2CCCC2)c1. The molecular weight excluding hydrogens is 224 g/mol. The average molecular weight is 242 g/mol. The van der Waals surface area contributed by atoms with Crippen LogP contribution in [0, 0.1) is 0 Å². The number of nitrogens with zero attached hydrogens (tertiary/aromatic N) is 1. The van der Waals surface area contributed by atoms with Crippen LogP contribution in [0.15, 0.2) is 47.1 Å². The zero-order valence-corrected chi connectivity index (χ0v) is 10.4. The second-order valence-corrected chi connectivity index (χ2v) is 4.68. The van der Waals surface area contributed by atoms with E-state index in [1.54, 1.807) is 6.26 Å². The molecule has 1 aromatic heterocycles. The minimum atomic E-state index is 0.733. The topological polar surface area (TPSA) is 28.4 Å². The fraction of sp³-hybridized carbons (Fsp3) is 0.333. The van der Waals surface area contributed by atoms with Crippen LogP contribution in [0.4, 0.5) is 11.4 Å². The standard InChI is InChI=1S/C15H18N2O/c1-2-9-17(8-1)14-6-3-5-13(11-14)16-12-15-7-4-10-18-15/h3-7,10-11,16H,1-2,8-9,12H2. The van der Waals surface area contributed by atoms with Crippen LogP contribution in [0.5, 0.6) is 0 Å². The molecule has 2 heterocycles. The van der Waals surface area contributed by atoms with E-state index in [1.165, 1.54) is 31.6 Å². The summed E-state index contributed by atoms with van der Waals surface area (Å²) in [6.45, 7) is 3.10. The summed E-state index contributed by atoms with van der Waals surface area (Å²) >= 11 is 0. The highest BCUT2D eigenvalue weighted by molar-refractivity contribution is 5.58. The maximum Gasteiger partial charge on any atom is 0.122 e. The predicted octanol–water partition coefficient (Wildman–Crippen LogP) is 3.49. The Bertz CT molecular complexity index is 487. The fourth-order valence-electron chi connectivity index (χ4n) is 2.39. The van der Waals surface area contributed by atoms with Gasteiger partial charge in [-0.15, -0.1) is 0 Å². The first kappa shape index (κ1) is 11.2. The Morgan fingerprint density at radius 1 is 1.11 bits per heavy atom. The lowest BCUT2D eigenvalue weighted by Crippen LogP contribution is -2.17. The predicted molar refractivity (Wildman–Crippen MR) is 73.9 cm³/mol. The molecule has 1 N–H and O–H groups in total. The third-order valence-corrected chi connectivity index (χ3v) is 3.36. The molecule has 0 radical (unpaired) electrons. The zero-order chi connectivity index (χ0) is 12.2. The minimum absolute atomic E-state index is 0.733. The molecule has 94 valence electrons. The van der Waals surface area contributed by atoms with Gasteiger partial charge in [0.15, 0.2) is 0 Å². The van der Waals surface area contributed by atoms with E-state index < -0.39 is 0 Å². The van der Waals surface area contributed by atoms with Crippen LogP contribution in [0.1, 0.15) is 18.6 Å². The van der Waals surface area contributed by atoms with Crippen molar-refractivity contribution in [2.75, 3.05) is 23.3 Å². The second kappa shape index (κ2) is 5.17. The van der Waals surface area contributed by atoms with Crippen LogP contribution in [0.25, 0.3) is 0 Å². The Hall–Kier alpha value is -1.90. The Morgan fingerprint density at radius 3 is 2.78 bits per heavy atom. The summed E-state index contributed by atoms with van der Waals surface area (Å²) in [7, 11) is 0. The van der Waals surface area contributed by atoms with Gasteiger partial charge >= 0.3 is 0 Å². The van der Waals surface area contributed by atoms with Crippen molar-refractivity contribution in [1.29, 1.82) is 0 Å². The molecule has 0 saturated carbocycles. The molecule has 1 aliphatic heterocycles. The van der Waals surface area contributed by atoms with Gasteiger partial charge in [0.25, 0.3) is 0 Å². The Kier molecular flexibility index (Phi) is 3.22. The molecule has 1 saturated heterocycles. The average Bonchev–Trinajstić information content (AvgIpc) is 3.10. The lowest BCUT2D eigenvalue weighted by Gasteiger charge is -2.18. The van der Waals surface area contributed by atoms with Crippen molar-refractivity contribution in [2.45, 2.75) is 19.4 Å². The molecule has 0 aliphatic carbocycles. The molecule has 0 bridgehead atoms. The van der Waals surface area contributed by atoms with Crippen molar-refractivity contribution in [2.24, 2.45) is 0 Å². The maximum atomic E-state index is 5.31. The van der Waals surface area contributed by atoms with Gasteiger partial charge in [0.05, 0.1) is 12.8 Å². The van der Waals surface area contributed by atoms with Crippen molar-refractivity contribution < 1.29 is 4.42 Å². The van der Waals surface area contributed by atoms with Crippen molar-refractivity contribution in [3.63, 3.8) is 0 Å². The highest BCUT2D eigenvalue weighted by atomic mass is 16.3.